The number of likely N-dealkylation sites (tertiary alicyclic amines) is 1. The minimum Gasteiger partial charge on any atom is -0.347 e. The molecule has 0 aromatic carbocycles. The van der Waals surface area contributed by atoms with Gasteiger partial charge >= 0.3 is 0 Å². The Morgan fingerprint density at radius 1 is 1.40 bits per heavy atom. The van der Waals surface area contributed by atoms with Gasteiger partial charge in [-0.3, -0.25) is 4.90 Å². The van der Waals surface area contributed by atoms with Gasteiger partial charge in [0.25, 0.3) is 0 Å². The molecule has 110 valence electrons. The topological polar surface area (TPSA) is 44.3 Å². The second kappa shape index (κ2) is 5.66. The minimum absolute atomic E-state index is 0.600. The Morgan fingerprint density at radius 3 is 2.90 bits per heavy atom. The number of nitrogens with one attached hydrogen (secondary N) is 1. The van der Waals surface area contributed by atoms with Crippen molar-refractivity contribution in [2.45, 2.75) is 50.9 Å². The van der Waals surface area contributed by atoms with Gasteiger partial charge in [0.05, 0.1) is 5.69 Å². The summed E-state index contributed by atoms with van der Waals surface area (Å²) < 4.78 is 0. The fourth-order valence-electron chi connectivity index (χ4n) is 3.07. The molecule has 2 fully saturated rings. The SMILES string of the molecule is C[C@H]1C[C@@H](NCc2ccnc(N(C)C)n2)CN1C1CC1. The van der Waals surface area contributed by atoms with Crippen LogP contribution in [0.4, 0.5) is 5.95 Å². The van der Waals surface area contributed by atoms with Gasteiger partial charge in [-0.25, -0.2) is 9.97 Å². The van der Waals surface area contributed by atoms with Gasteiger partial charge in [0.2, 0.25) is 5.95 Å². The van der Waals surface area contributed by atoms with E-state index in [0.29, 0.717) is 6.04 Å². The molecule has 0 unspecified atom stereocenters. The van der Waals surface area contributed by atoms with Crippen LogP contribution in [0.15, 0.2) is 12.3 Å². The maximum atomic E-state index is 4.56. The fourth-order valence-corrected chi connectivity index (χ4v) is 3.07. The van der Waals surface area contributed by atoms with E-state index in [1.165, 1.54) is 25.8 Å². The standard InChI is InChI=1S/C15H25N5/c1-11-8-13(10-20(11)14-4-5-14)17-9-12-6-7-16-15(18-12)19(2)3/h6-7,11,13-14,17H,4-5,8-10H2,1-3H3/t11-,13+/m0/s1. The van der Waals surface area contributed by atoms with Crippen molar-refractivity contribution in [3.8, 4) is 0 Å². The second-order valence-electron chi connectivity index (χ2n) is 6.33. The lowest BCUT2D eigenvalue weighted by molar-refractivity contribution is 0.255. The van der Waals surface area contributed by atoms with Crippen LogP contribution in [0.2, 0.25) is 0 Å². The molecule has 3 rings (SSSR count). The summed E-state index contributed by atoms with van der Waals surface area (Å²) in [6, 6.07) is 4.19. The smallest absolute Gasteiger partial charge is 0.225 e. The first-order chi connectivity index (χ1) is 9.63. The highest BCUT2D eigenvalue weighted by molar-refractivity contribution is 5.27. The van der Waals surface area contributed by atoms with Gasteiger partial charge in [0, 0.05) is 51.5 Å². The molecule has 5 nitrogen and oxygen atoms in total. The van der Waals surface area contributed by atoms with Crippen LogP contribution in [-0.4, -0.2) is 53.6 Å². The molecule has 0 radical (unpaired) electrons. The van der Waals surface area contributed by atoms with Gasteiger partial charge in [-0.2, -0.15) is 0 Å². The van der Waals surface area contributed by atoms with E-state index in [1.54, 1.807) is 0 Å². The Morgan fingerprint density at radius 2 is 2.20 bits per heavy atom. The molecule has 1 aliphatic carbocycles. The van der Waals surface area contributed by atoms with Crippen molar-refractivity contribution in [1.29, 1.82) is 0 Å². The number of rotatable bonds is 5. The molecule has 0 bridgehead atoms. The van der Waals surface area contributed by atoms with Crippen LogP contribution in [0.25, 0.3) is 0 Å². The molecule has 2 heterocycles. The molecule has 1 saturated heterocycles. The molecule has 1 N–H and O–H groups in total. The quantitative estimate of drug-likeness (QED) is 0.876. The van der Waals surface area contributed by atoms with E-state index in [4.69, 9.17) is 0 Å². The van der Waals surface area contributed by atoms with Crippen LogP contribution in [0.1, 0.15) is 31.9 Å². The van der Waals surface area contributed by atoms with E-state index in [9.17, 15) is 0 Å². The lowest BCUT2D eigenvalue weighted by atomic mass is 10.2. The summed E-state index contributed by atoms with van der Waals surface area (Å²) in [6.07, 6.45) is 5.89. The first-order valence-corrected chi connectivity index (χ1v) is 7.62. The molecule has 1 aromatic rings. The van der Waals surface area contributed by atoms with E-state index in [1.807, 2.05) is 31.3 Å². The van der Waals surface area contributed by atoms with E-state index >= 15 is 0 Å². The molecular weight excluding hydrogens is 250 g/mol. The van der Waals surface area contributed by atoms with E-state index in [2.05, 4.69) is 27.1 Å². The van der Waals surface area contributed by atoms with Crippen molar-refractivity contribution in [3.05, 3.63) is 18.0 Å². The summed E-state index contributed by atoms with van der Waals surface area (Å²) in [5.74, 6) is 0.781. The second-order valence-corrected chi connectivity index (χ2v) is 6.33. The lowest BCUT2D eigenvalue weighted by Crippen LogP contribution is -2.34. The molecule has 1 saturated carbocycles. The van der Waals surface area contributed by atoms with Crippen molar-refractivity contribution in [3.63, 3.8) is 0 Å². The lowest BCUT2D eigenvalue weighted by Gasteiger charge is -2.19. The molecule has 0 spiro atoms. The van der Waals surface area contributed by atoms with Crippen LogP contribution in [0.5, 0.6) is 0 Å². The molecular formula is C15H25N5. The number of hydrogen-bond donors (Lipinski definition) is 1. The number of hydrogen-bond acceptors (Lipinski definition) is 5. The molecule has 1 aromatic heterocycles. The monoisotopic (exact) mass is 275 g/mol. The largest absolute Gasteiger partial charge is 0.347 e. The summed E-state index contributed by atoms with van der Waals surface area (Å²) >= 11 is 0. The third-order valence-corrected chi connectivity index (χ3v) is 4.31. The Bertz CT molecular complexity index is 457. The van der Waals surface area contributed by atoms with Crippen molar-refractivity contribution in [2.24, 2.45) is 0 Å². The normalized spacial score (nSPS) is 26.9. The predicted molar refractivity (Wildman–Crippen MR) is 80.8 cm³/mol. The highest BCUT2D eigenvalue weighted by Crippen LogP contribution is 2.33. The van der Waals surface area contributed by atoms with Crippen LogP contribution >= 0.6 is 0 Å². The zero-order valence-electron chi connectivity index (χ0n) is 12.7. The van der Waals surface area contributed by atoms with Gasteiger partial charge in [-0.15, -0.1) is 0 Å². The maximum absolute atomic E-state index is 4.56. The molecule has 1 aliphatic heterocycles. The average molecular weight is 275 g/mol. The molecule has 2 atom stereocenters. The molecule has 0 amide bonds. The van der Waals surface area contributed by atoms with Gasteiger partial charge in [0.1, 0.15) is 0 Å². The predicted octanol–water partition coefficient (Wildman–Crippen LogP) is 1.26. The Balaban J connectivity index is 1.53. The van der Waals surface area contributed by atoms with Crippen molar-refractivity contribution >= 4 is 5.95 Å². The summed E-state index contributed by atoms with van der Waals surface area (Å²) in [7, 11) is 3.94. The molecule has 2 aliphatic rings. The number of aromatic nitrogens is 2. The van der Waals surface area contributed by atoms with Crippen LogP contribution in [-0.2, 0) is 6.54 Å². The van der Waals surface area contributed by atoms with Crippen molar-refractivity contribution < 1.29 is 0 Å². The highest BCUT2D eigenvalue weighted by atomic mass is 15.3. The maximum Gasteiger partial charge on any atom is 0.225 e. The van der Waals surface area contributed by atoms with Crippen LogP contribution in [0.3, 0.4) is 0 Å². The Labute approximate surface area is 121 Å². The Hall–Kier alpha value is -1.20. The third-order valence-electron chi connectivity index (χ3n) is 4.31. The van der Waals surface area contributed by atoms with E-state index < -0.39 is 0 Å². The van der Waals surface area contributed by atoms with E-state index in [-0.39, 0.29) is 0 Å². The van der Waals surface area contributed by atoms with Gasteiger partial charge < -0.3 is 10.2 Å². The summed E-state index contributed by atoms with van der Waals surface area (Å²) in [5, 5.41) is 3.66. The van der Waals surface area contributed by atoms with Crippen molar-refractivity contribution in [1.82, 2.24) is 20.2 Å². The first-order valence-electron chi connectivity index (χ1n) is 7.62. The summed E-state index contributed by atoms with van der Waals surface area (Å²) in [5.41, 5.74) is 1.07. The fraction of sp³-hybridized carbons (Fsp3) is 0.733. The summed E-state index contributed by atoms with van der Waals surface area (Å²) in [4.78, 5) is 13.4. The number of nitrogens with zero attached hydrogens (tertiary/aromatic N) is 4. The van der Waals surface area contributed by atoms with Crippen LogP contribution in [0, 0.1) is 0 Å². The average Bonchev–Trinajstić information content (AvgIpc) is 3.21. The van der Waals surface area contributed by atoms with Gasteiger partial charge in [-0.1, -0.05) is 0 Å². The zero-order valence-corrected chi connectivity index (χ0v) is 12.7. The van der Waals surface area contributed by atoms with Gasteiger partial charge in [-0.05, 0) is 32.3 Å². The number of anilines is 1. The summed E-state index contributed by atoms with van der Waals surface area (Å²) in [6.45, 7) is 4.38. The van der Waals surface area contributed by atoms with Crippen LogP contribution < -0.4 is 10.2 Å². The Kier molecular flexibility index (Phi) is 3.89. The zero-order chi connectivity index (χ0) is 14.1. The third kappa shape index (κ3) is 3.10. The molecule has 5 heteroatoms. The van der Waals surface area contributed by atoms with Crippen molar-refractivity contribution in [2.75, 3.05) is 25.5 Å². The minimum atomic E-state index is 0.600. The first kappa shape index (κ1) is 13.8. The van der Waals surface area contributed by atoms with E-state index in [0.717, 1.165) is 30.3 Å². The van der Waals surface area contributed by atoms with Gasteiger partial charge in [0.15, 0.2) is 0 Å². The molecule has 20 heavy (non-hydrogen) atoms. The highest BCUT2D eigenvalue weighted by Gasteiger charge is 2.38.